The van der Waals surface area contributed by atoms with Gasteiger partial charge in [0.2, 0.25) is 5.91 Å². The number of aromatic nitrogens is 4. The predicted octanol–water partition coefficient (Wildman–Crippen LogP) is 3.30. The van der Waals surface area contributed by atoms with Crippen molar-refractivity contribution in [3.63, 3.8) is 0 Å². The van der Waals surface area contributed by atoms with Crippen LogP contribution in [-0.2, 0) is 11.3 Å². The Bertz CT molecular complexity index is 1230. The summed E-state index contributed by atoms with van der Waals surface area (Å²) in [6.45, 7) is 3.74. The smallest absolute Gasteiger partial charge is 0.324 e. The maximum atomic E-state index is 12.6. The number of benzene rings is 2. The molecule has 2 aromatic heterocycles. The molecule has 4 aromatic rings. The number of carbonyl (C=O) groups is 1. The van der Waals surface area contributed by atoms with E-state index in [1.807, 2.05) is 62.4 Å². The molecule has 0 aliphatic carbocycles. The van der Waals surface area contributed by atoms with Crippen molar-refractivity contribution in [1.29, 1.82) is 0 Å². The molecule has 0 fully saturated rings. The topological polar surface area (TPSA) is 81.3 Å². The van der Waals surface area contributed by atoms with Crippen molar-refractivity contribution in [2.75, 3.05) is 5.32 Å². The molecule has 8 heteroatoms. The lowest BCUT2D eigenvalue weighted by Gasteiger charge is -2.07. The number of nitrogens with zero attached hydrogens (tertiary/aromatic N) is 4. The summed E-state index contributed by atoms with van der Waals surface area (Å²) < 4.78 is 2.34. The van der Waals surface area contributed by atoms with E-state index in [4.69, 9.17) is 0 Å². The zero-order valence-electron chi connectivity index (χ0n) is 16.0. The zero-order chi connectivity index (χ0) is 20.4. The van der Waals surface area contributed by atoms with Gasteiger partial charge in [0.25, 0.3) is 0 Å². The molecule has 2 heterocycles. The molecule has 29 heavy (non-hydrogen) atoms. The lowest BCUT2D eigenvalue weighted by molar-refractivity contribution is -0.117. The Kier molecular flexibility index (Phi) is 5.18. The van der Waals surface area contributed by atoms with Gasteiger partial charge in [-0.1, -0.05) is 36.0 Å². The Morgan fingerprint density at radius 3 is 2.45 bits per heavy atom. The number of hydrogen-bond acceptors (Lipinski definition) is 5. The van der Waals surface area contributed by atoms with E-state index in [0.717, 1.165) is 20.7 Å². The van der Waals surface area contributed by atoms with Gasteiger partial charge in [-0.3, -0.25) is 4.79 Å². The van der Waals surface area contributed by atoms with Crippen molar-refractivity contribution in [1.82, 2.24) is 19.4 Å². The molecule has 1 amide bonds. The van der Waals surface area contributed by atoms with Gasteiger partial charge in [0.05, 0.1) is 0 Å². The number of rotatable bonds is 5. The van der Waals surface area contributed by atoms with E-state index in [-0.39, 0.29) is 12.5 Å². The average Bonchev–Trinajstić information content (AvgIpc) is 2.97. The van der Waals surface area contributed by atoms with Crippen LogP contribution in [0.3, 0.4) is 0 Å². The van der Waals surface area contributed by atoms with Crippen LogP contribution in [0.4, 0.5) is 5.69 Å². The summed E-state index contributed by atoms with van der Waals surface area (Å²) in [4.78, 5) is 26.1. The van der Waals surface area contributed by atoms with Crippen LogP contribution in [0.5, 0.6) is 0 Å². The molecule has 1 N–H and O–H groups in total. The highest BCUT2D eigenvalue weighted by atomic mass is 32.2. The molecule has 0 unspecified atom stereocenters. The van der Waals surface area contributed by atoms with E-state index in [2.05, 4.69) is 15.5 Å². The second-order valence-electron chi connectivity index (χ2n) is 6.72. The predicted molar refractivity (Wildman–Crippen MR) is 112 cm³/mol. The molecule has 2 aromatic carbocycles. The fourth-order valence-corrected chi connectivity index (χ4v) is 3.84. The average molecular weight is 405 g/mol. The minimum Gasteiger partial charge on any atom is -0.324 e. The van der Waals surface area contributed by atoms with Crippen molar-refractivity contribution in [3.8, 4) is 0 Å². The maximum Gasteiger partial charge on any atom is 0.367 e. The van der Waals surface area contributed by atoms with Crippen molar-refractivity contribution in [2.24, 2.45) is 0 Å². The van der Waals surface area contributed by atoms with Gasteiger partial charge in [0.15, 0.2) is 5.65 Å². The van der Waals surface area contributed by atoms with Crippen LogP contribution in [0.25, 0.3) is 5.65 Å². The van der Waals surface area contributed by atoms with Crippen LogP contribution in [-0.4, -0.2) is 25.3 Å². The number of aryl methyl sites for hydroxylation is 2. The largest absolute Gasteiger partial charge is 0.367 e. The van der Waals surface area contributed by atoms with Gasteiger partial charge in [-0.15, -0.1) is 5.10 Å². The molecule has 0 aliphatic heterocycles. The third kappa shape index (κ3) is 4.38. The first kappa shape index (κ1) is 18.9. The summed E-state index contributed by atoms with van der Waals surface area (Å²) in [5, 5.41) is 12.1. The first-order valence-electron chi connectivity index (χ1n) is 9.06. The Labute approximate surface area is 171 Å². The normalized spacial score (nSPS) is 11.0. The third-order valence-electron chi connectivity index (χ3n) is 4.18. The molecule has 146 valence electrons. The highest BCUT2D eigenvalue weighted by Gasteiger charge is 2.13. The molecule has 7 nitrogen and oxygen atoms in total. The van der Waals surface area contributed by atoms with E-state index in [1.54, 1.807) is 12.1 Å². The standard InChI is InChI=1S/C21H19N5O2S/c1-14-10-15(2)12-16(11-14)22-19(27)13-25-21(28)26-18(23-25)8-9-20(24-26)29-17-6-4-3-5-7-17/h3-12H,13H2,1-2H3,(H,22,27). The molecule has 0 atom stereocenters. The highest BCUT2D eigenvalue weighted by Crippen LogP contribution is 2.25. The van der Waals surface area contributed by atoms with Crippen molar-refractivity contribution in [2.45, 2.75) is 30.3 Å². The SMILES string of the molecule is Cc1cc(C)cc(NC(=O)Cn2nc3ccc(Sc4ccccc4)nn3c2=O)c1. The summed E-state index contributed by atoms with van der Waals surface area (Å²) in [5.74, 6) is -0.320. The fraction of sp³-hybridized carbons (Fsp3) is 0.143. The van der Waals surface area contributed by atoms with Crippen LogP contribution in [0.1, 0.15) is 11.1 Å². The molecular formula is C21H19N5O2S. The summed E-state index contributed by atoms with van der Waals surface area (Å²) in [5.41, 5.74) is 2.75. The third-order valence-corrected chi connectivity index (χ3v) is 5.11. The lowest BCUT2D eigenvalue weighted by atomic mass is 10.1. The molecule has 0 radical (unpaired) electrons. The van der Waals surface area contributed by atoms with Gasteiger partial charge >= 0.3 is 5.69 Å². The minimum atomic E-state index is -0.453. The molecule has 0 saturated carbocycles. The van der Waals surface area contributed by atoms with E-state index in [9.17, 15) is 9.59 Å². The molecule has 0 saturated heterocycles. The number of nitrogens with one attached hydrogen (secondary N) is 1. The molecular weight excluding hydrogens is 386 g/mol. The molecule has 4 rings (SSSR count). The second kappa shape index (κ2) is 7.92. The van der Waals surface area contributed by atoms with Crippen LogP contribution in [0, 0.1) is 13.8 Å². The number of anilines is 1. The van der Waals surface area contributed by atoms with Crippen molar-refractivity contribution in [3.05, 3.63) is 82.3 Å². The Morgan fingerprint density at radius 2 is 1.72 bits per heavy atom. The molecule has 0 bridgehead atoms. The van der Waals surface area contributed by atoms with Crippen molar-refractivity contribution >= 4 is 29.0 Å². The van der Waals surface area contributed by atoms with Crippen LogP contribution < -0.4 is 11.0 Å². The Morgan fingerprint density at radius 1 is 1.00 bits per heavy atom. The van der Waals surface area contributed by atoms with Gasteiger partial charge in [0, 0.05) is 10.6 Å². The first-order valence-corrected chi connectivity index (χ1v) is 9.87. The quantitative estimate of drug-likeness (QED) is 0.551. The van der Waals surface area contributed by atoms with Gasteiger partial charge < -0.3 is 5.32 Å². The monoisotopic (exact) mass is 405 g/mol. The summed E-state index contributed by atoms with van der Waals surface area (Å²) >= 11 is 1.45. The first-order chi connectivity index (χ1) is 14.0. The number of amides is 1. The minimum absolute atomic E-state index is 0.184. The summed E-state index contributed by atoms with van der Waals surface area (Å²) in [7, 11) is 0. The zero-order valence-corrected chi connectivity index (χ0v) is 16.8. The maximum absolute atomic E-state index is 12.6. The second-order valence-corrected chi connectivity index (χ2v) is 7.82. The van der Waals surface area contributed by atoms with Crippen LogP contribution in [0.15, 0.2) is 75.4 Å². The Hall–Kier alpha value is -3.39. The van der Waals surface area contributed by atoms with Crippen LogP contribution >= 0.6 is 11.8 Å². The number of carbonyl (C=O) groups excluding carboxylic acids is 1. The number of fused-ring (bicyclic) bond motifs is 1. The van der Waals surface area contributed by atoms with Gasteiger partial charge in [-0.05, 0) is 61.4 Å². The molecule has 0 spiro atoms. The number of hydrogen-bond donors (Lipinski definition) is 1. The van der Waals surface area contributed by atoms with Gasteiger partial charge in [-0.2, -0.15) is 9.61 Å². The Balaban J connectivity index is 1.54. The van der Waals surface area contributed by atoms with E-state index < -0.39 is 5.69 Å². The summed E-state index contributed by atoms with van der Waals surface area (Å²) in [6, 6.07) is 19.1. The van der Waals surface area contributed by atoms with E-state index >= 15 is 0 Å². The highest BCUT2D eigenvalue weighted by molar-refractivity contribution is 7.99. The fourth-order valence-electron chi connectivity index (χ4n) is 3.04. The lowest BCUT2D eigenvalue weighted by Crippen LogP contribution is -2.28. The molecule has 0 aliphatic rings. The van der Waals surface area contributed by atoms with Crippen molar-refractivity contribution < 1.29 is 4.79 Å². The van der Waals surface area contributed by atoms with Gasteiger partial charge in [-0.25, -0.2) is 9.48 Å². The van der Waals surface area contributed by atoms with E-state index in [0.29, 0.717) is 16.4 Å². The summed E-state index contributed by atoms with van der Waals surface area (Å²) in [6.07, 6.45) is 0. The van der Waals surface area contributed by atoms with Gasteiger partial charge in [0.1, 0.15) is 11.6 Å². The van der Waals surface area contributed by atoms with Crippen LogP contribution in [0.2, 0.25) is 0 Å². The van der Waals surface area contributed by atoms with E-state index in [1.165, 1.54) is 16.3 Å².